The summed E-state index contributed by atoms with van der Waals surface area (Å²) in [7, 11) is 0. The summed E-state index contributed by atoms with van der Waals surface area (Å²) in [4.78, 5) is 2.64. The van der Waals surface area contributed by atoms with Crippen molar-refractivity contribution in [1.82, 2.24) is 4.90 Å². The van der Waals surface area contributed by atoms with Gasteiger partial charge < -0.3 is 5.73 Å². The number of rotatable bonds is 8. The zero-order valence-electron chi connectivity index (χ0n) is 14.2. The molecule has 21 heavy (non-hydrogen) atoms. The molecule has 2 nitrogen and oxygen atoms in total. The lowest BCUT2D eigenvalue weighted by molar-refractivity contribution is 0.169. The van der Waals surface area contributed by atoms with Crippen molar-refractivity contribution < 1.29 is 0 Å². The van der Waals surface area contributed by atoms with Crippen LogP contribution in [-0.2, 0) is 6.42 Å². The van der Waals surface area contributed by atoms with Crippen LogP contribution in [0, 0.1) is 11.8 Å². The van der Waals surface area contributed by atoms with Crippen LogP contribution in [0.5, 0.6) is 0 Å². The Morgan fingerprint density at radius 1 is 1.05 bits per heavy atom. The summed E-state index contributed by atoms with van der Waals surface area (Å²) in [6.07, 6.45) is 3.84. The van der Waals surface area contributed by atoms with Crippen LogP contribution >= 0.6 is 0 Å². The lowest BCUT2D eigenvalue weighted by Gasteiger charge is -2.33. The van der Waals surface area contributed by atoms with Gasteiger partial charge in [-0.2, -0.15) is 0 Å². The van der Waals surface area contributed by atoms with E-state index in [0.717, 1.165) is 19.0 Å². The molecule has 1 saturated carbocycles. The van der Waals surface area contributed by atoms with E-state index in [0.29, 0.717) is 24.4 Å². The van der Waals surface area contributed by atoms with Gasteiger partial charge in [0.1, 0.15) is 0 Å². The maximum absolute atomic E-state index is 6.12. The predicted molar refractivity (Wildman–Crippen MR) is 91.3 cm³/mol. The lowest BCUT2D eigenvalue weighted by atomic mass is 9.98. The van der Waals surface area contributed by atoms with Gasteiger partial charge in [0.05, 0.1) is 0 Å². The molecule has 1 unspecified atom stereocenters. The number of nitrogens with two attached hydrogens (primary N) is 1. The maximum Gasteiger partial charge on any atom is 0.0473 e. The fourth-order valence-electron chi connectivity index (χ4n) is 3.17. The van der Waals surface area contributed by atoms with E-state index in [1.807, 2.05) is 0 Å². The van der Waals surface area contributed by atoms with E-state index in [9.17, 15) is 0 Å². The van der Waals surface area contributed by atoms with Crippen LogP contribution in [-0.4, -0.2) is 24.0 Å². The summed E-state index contributed by atoms with van der Waals surface area (Å²) in [5.74, 6) is 1.41. The van der Waals surface area contributed by atoms with E-state index >= 15 is 0 Å². The maximum atomic E-state index is 6.12. The Morgan fingerprint density at radius 2 is 1.67 bits per heavy atom. The molecule has 118 valence electrons. The molecule has 1 atom stereocenters. The topological polar surface area (TPSA) is 29.3 Å². The largest absolute Gasteiger partial charge is 0.329 e. The summed E-state index contributed by atoms with van der Waals surface area (Å²) < 4.78 is 0. The van der Waals surface area contributed by atoms with Crippen LogP contribution in [0.4, 0.5) is 0 Å². The second-order valence-corrected chi connectivity index (χ2v) is 7.41. The summed E-state index contributed by atoms with van der Waals surface area (Å²) in [5.41, 5.74) is 8.95. The van der Waals surface area contributed by atoms with E-state index in [2.05, 4.69) is 56.9 Å². The average molecular weight is 288 g/mol. The molecule has 1 aromatic carbocycles. The molecule has 0 spiro atoms. The van der Waals surface area contributed by atoms with Gasteiger partial charge in [0.25, 0.3) is 0 Å². The van der Waals surface area contributed by atoms with Crippen molar-refractivity contribution in [2.75, 3.05) is 13.1 Å². The first kappa shape index (κ1) is 16.5. The van der Waals surface area contributed by atoms with Gasteiger partial charge in [0.15, 0.2) is 0 Å². The van der Waals surface area contributed by atoms with Crippen LogP contribution in [0.3, 0.4) is 0 Å². The van der Waals surface area contributed by atoms with Gasteiger partial charge in [-0.15, -0.1) is 0 Å². The average Bonchev–Trinajstić information content (AvgIpc) is 3.23. The summed E-state index contributed by atoms with van der Waals surface area (Å²) in [6.45, 7) is 11.0. The highest BCUT2D eigenvalue weighted by molar-refractivity contribution is 5.26. The molecule has 1 aliphatic rings. The van der Waals surface area contributed by atoms with Crippen molar-refractivity contribution in [2.24, 2.45) is 17.6 Å². The van der Waals surface area contributed by atoms with Crippen molar-refractivity contribution in [3.05, 3.63) is 35.4 Å². The highest BCUT2D eigenvalue weighted by Crippen LogP contribution is 2.34. The molecule has 0 amide bonds. The van der Waals surface area contributed by atoms with Crippen LogP contribution < -0.4 is 5.73 Å². The first-order valence-electron chi connectivity index (χ1n) is 8.56. The Labute approximate surface area is 130 Å². The molecular formula is C19H32N2. The molecule has 0 aliphatic heterocycles. The fraction of sp³-hybridized carbons (Fsp3) is 0.684. The lowest BCUT2D eigenvalue weighted by Crippen LogP contribution is -2.38. The molecule has 0 radical (unpaired) electrons. The summed E-state index contributed by atoms with van der Waals surface area (Å²) in [5, 5.41) is 0. The quantitative estimate of drug-likeness (QED) is 0.783. The molecule has 1 aromatic rings. The molecule has 2 N–H and O–H groups in total. The smallest absolute Gasteiger partial charge is 0.0473 e. The van der Waals surface area contributed by atoms with Crippen molar-refractivity contribution in [1.29, 1.82) is 0 Å². The molecule has 1 aliphatic carbocycles. The minimum atomic E-state index is 0.382. The van der Waals surface area contributed by atoms with Gasteiger partial charge in [0.2, 0.25) is 0 Å². The highest BCUT2D eigenvalue weighted by atomic mass is 15.2. The monoisotopic (exact) mass is 288 g/mol. The van der Waals surface area contributed by atoms with Crippen molar-refractivity contribution in [3.8, 4) is 0 Å². The molecule has 2 rings (SSSR count). The van der Waals surface area contributed by atoms with Crippen LogP contribution in [0.25, 0.3) is 0 Å². The van der Waals surface area contributed by atoms with E-state index in [1.165, 1.54) is 24.0 Å². The Kier molecular flexibility index (Phi) is 5.83. The highest BCUT2D eigenvalue weighted by Gasteiger charge is 2.34. The minimum absolute atomic E-state index is 0.382. The fourth-order valence-corrected chi connectivity index (χ4v) is 3.17. The van der Waals surface area contributed by atoms with Gasteiger partial charge in [0, 0.05) is 25.2 Å². The van der Waals surface area contributed by atoms with Gasteiger partial charge in [-0.1, -0.05) is 52.0 Å². The van der Waals surface area contributed by atoms with Crippen molar-refractivity contribution in [3.63, 3.8) is 0 Å². The van der Waals surface area contributed by atoms with Crippen LogP contribution in [0.2, 0.25) is 0 Å². The number of nitrogens with zero attached hydrogens (tertiary/aromatic N) is 1. The molecule has 0 bridgehead atoms. The Morgan fingerprint density at radius 3 is 2.10 bits per heavy atom. The third-order valence-electron chi connectivity index (χ3n) is 4.22. The number of benzene rings is 1. The van der Waals surface area contributed by atoms with Crippen LogP contribution in [0.15, 0.2) is 24.3 Å². The normalized spacial score (nSPS) is 17.0. The molecular weight excluding hydrogens is 256 g/mol. The Bertz CT molecular complexity index is 418. The first-order chi connectivity index (χ1) is 10.0. The molecule has 0 aromatic heterocycles. The van der Waals surface area contributed by atoms with Gasteiger partial charge >= 0.3 is 0 Å². The second-order valence-electron chi connectivity index (χ2n) is 7.41. The Balaban J connectivity index is 2.11. The zero-order valence-corrected chi connectivity index (χ0v) is 14.2. The third kappa shape index (κ3) is 4.82. The molecule has 2 heteroatoms. The molecule has 0 saturated heterocycles. The van der Waals surface area contributed by atoms with Crippen molar-refractivity contribution in [2.45, 2.75) is 59.0 Å². The number of hydrogen-bond donors (Lipinski definition) is 1. The van der Waals surface area contributed by atoms with E-state index in [4.69, 9.17) is 5.73 Å². The molecule has 1 fully saturated rings. The first-order valence-corrected chi connectivity index (χ1v) is 8.56. The van der Waals surface area contributed by atoms with E-state index in [1.54, 1.807) is 0 Å². The predicted octanol–water partition coefficient (Wildman–Crippen LogP) is 4.01. The molecule has 0 heterocycles. The summed E-state index contributed by atoms with van der Waals surface area (Å²) >= 11 is 0. The van der Waals surface area contributed by atoms with Gasteiger partial charge in [-0.3, -0.25) is 4.90 Å². The second kappa shape index (κ2) is 7.42. The number of hydrogen-bond acceptors (Lipinski definition) is 2. The summed E-state index contributed by atoms with van der Waals surface area (Å²) in [6, 6.07) is 10.3. The zero-order chi connectivity index (χ0) is 15.4. The SMILES string of the molecule is CC(C)Cc1ccc(C(CN)N(CC(C)C)C2CC2)cc1. The van der Waals surface area contributed by atoms with Crippen LogP contribution in [0.1, 0.15) is 57.7 Å². The van der Waals surface area contributed by atoms with Gasteiger partial charge in [-0.05, 0) is 42.2 Å². The van der Waals surface area contributed by atoms with Crippen molar-refractivity contribution >= 4 is 0 Å². The third-order valence-corrected chi connectivity index (χ3v) is 4.22. The van der Waals surface area contributed by atoms with Gasteiger partial charge in [-0.25, -0.2) is 0 Å². The van der Waals surface area contributed by atoms with E-state index < -0.39 is 0 Å². The van der Waals surface area contributed by atoms with E-state index in [-0.39, 0.29) is 0 Å². The minimum Gasteiger partial charge on any atom is -0.329 e. The Hall–Kier alpha value is -0.860. The standard InChI is InChI=1S/C19H32N2/c1-14(2)11-16-5-7-17(8-6-16)19(12-20)21(13-15(3)4)18-9-10-18/h5-8,14-15,18-19H,9-13,20H2,1-4H3.